The van der Waals surface area contributed by atoms with E-state index in [-0.39, 0.29) is 46.4 Å². The van der Waals surface area contributed by atoms with Gasteiger partial charge in [-0.2, -0.15) is 5.01 Å². The summed E-state index contributed by atoms with van der Waals surface area (Å²) in [5.74, 6) is -5.55. The molecule has 2 aliphatic carbocycles. The lowest BCUT2D eigenvalue weighted by atomic mass is 9.50. The molecule has 290 valence electrons. The first-order valence-electron chi connectivity index (χ1n) is 18.0. The van der Waals surface area contributed by atoms with Crippen LogP contribution in [0.1, 0.15) is 24.0 Å². The Bertz CT molecular complexity index is 2420. The average Bonchev–Trinajstić information content (AvgIpc) is 3.59. The molecule has 4 aromatic carbocycles. The van der Waals surface area contributed by atoms with Gasteiger partial charge >= 0.3 is 0 Å². The number of nitrogens with zero attached hydrogens (tertiary/aromatic N) is 3. The number of methoxy groups -OCH3 is 2. The Morgan fingerprint density at radius 2 is 1.63 bits per heavy atom. The van der Waals surface area contributed by atoms with Gasteiger partial charge in [-0.1, -0.05) is 65.2 Å². The fourth-order valence-corrected chi connectivity index (χ4v) is 9.52. The highest BCUT2D eigenvalue weighted by Crippen LogP contribution is 2.62. The van der Waals surface area contributed by atoms with Crippen LogP contribution in [0.25, 0.3) is 6.08 Å². The van der Waals surface area contributed by atoms with Crippen LogP contribution in [0.15, 0.2) is 103 Å². The maximum Gasteiger partial charge on any atom is 0.269 e. The SMILES string of the molecule is COc1ccc(C23C(=O)N(Nc4ccc(Cl)cc4Cl)C(=O)C2CC2C(=CCC4C(=O)N(c5ccc([N+](=O)[O-])cc5)C(=O)C42)C3C=Cc2ccc(O)c(OC)c2)cc1. The van der Waals surface area contributed by atoms with Crippen LogP contribution in [0.4, 0.5) is 17.1 Å². The minimum absolute atomic E-state index is 0.0423. The number of imide groups is 2. The number of carbonyl (C=O) groups is 4. The van der Waals surface area contributed by atoms with Crippen molar-refractivity contribution in [2.75, 3.05) is 24.5 Å². The molecule has 2 aliphatic heterocycles. The molecule has 6 atom stereocenters. The molecule has 2 heterocycles. The van der Waals surface area contributed by atoms with Gasteiger partial charge in [-0.15, -0.1) is 0 Å². The number of nitro benzene ring substituents is 1. The van der Waals surface area contributed by atoms with Crippen molar-refractivity contribution in [1.82, 2.24) is 5.01 Å². The topological polar surface area (TPSA) is 169 Å². The molecule has 2 N–H and O–H groups in total. The Labute approximate surface area is 336 Å². The molecule has 4 aliphatic rings. The maximum atomic E-state index is 15.4. The molecule has 0 bridgehead atoms. The standard InChI is InChI=1S/C42H34Cl2N4O9/c1-56-27-12-5-23(6-13-27)42-31(16-3-22-4-18-35(49)36(19-22)57-2)28-14-15-29-37(40(52)46(38(29)50)25-8-10-26(11-9-25)48(54)55)30(28)21-32(42)39(51)47(41(42)53)45-34-17-7-24(43)20-33(34)44/h3-14,16-20,29-32,37,45,49H,15,21H2,1-2H3. The third-order valence-corrected chi connectivity index (χ3v) is 12.2. The van der Waals surface area contributed by atoms with E-state index in [9.17, 15) is 29.6 Å². The highest BCUT2D eigenvalue weighted by Gasteiger charge is 2.69. The summed E-state index contributed by atoms with van der Waals surface area (Å²) in [5, 5.41) is 23.2. The number of hydrazine groups is 1. The molecular formula is C42H34Cl2N4O9. The summed E-state index contributed by atoms with van der Waals surface area (Å²) in [7, 11) is 2.95. The summed E-state index contributed by atoms with van der Waals surface area (Å²) >= 11 is 12.7. The number of amides is 4. The third kappa shape index (κ3) is 6.00. The van der Waals surface area contributed by atoms with E-state index in [0.29, 0.717) is 27.5 Å². The van der Waals surface area contributed by atoms with Crippen molar-refractivity contribution >= 4 is 70.0 Å². The summed E-state index contributed by atoms with van der Waals surface area (Å²) in [6.07, 6.45) is 5.74. The molecule has 0 radical (unpaired) electrons. The van der Waals surface area contributed by atoms with E-state index in [1.165, 1.54) is 50.6 Å². The van der Waals surface area contributed by atoms with Crippen molar-refractivity contribution in [2.24, 2.45) is 29.6 Å². The zero-order valence-corrected chi connectivity index (χ0v) is 31.9. The van der Waals surface area contributed by atoms with Crippen LogP contribution in [0.5, 0.6) is 17.2 Å². The Morgan fingerprint density at radius 3 is 2.30 bits per heavy atom. The van der Waals surface area contributed by atoms with Crippen LogP contribution >= 0.6 is 23.2 Å². The average molecular weight is 810 g/mol. The Morgan fingerprint density at radius 1 is 0.895 bits per heavy atom. The normalized spacial score (nSPS) is 25.3. The minimum atomic E-state index is -1.56. The fraction of sp³-hybridized carbons (Fsp3) is 0.238. The van der Waals surface area contributed by atoms with Crippen molar-refractivity contribution < 1.29 is 38.7 Å². The van der Waals surface area contributed by atoms with Crippen molar-refractivity contribution in [3.8, 4) is 17.2 Å². The lowest BCUT2D eigenvalue weighted by molar-refractivity contribution is -0.384. The number of anilines is 2. The molecule has 3 fully saturated rings. The number of benzene rings is 4. The van der Waals surface area contributed by atoms with Gasteiger partial charge in [0.2, 0.25) is 11.8 Å². The number of phenols is 1. The highest BCUT2D eigenvalue weighted by molar-refractivity contribution is 6.36. The van der Waals surface area contributed by atoms with Gasteiger partial charge < -0.3 is 14.6 Å². The molecule has 0 aromatic heterocycles. The molecular weight excluding hydrogens is 775 g/mol. The monoisotopic (exact) mass is 808 g/mol. The molecule has 8 rings (SSSR count). The highest BCUT2D eigenvalue weighted by atomic mass is 35.5. The van der Waals surface area contributed by atoms with Gasteiger partial charge in [0.05, 0.1) is 58.7 Å². The first kappa shape index (κ1) is 37.7. The maximum absolute atomic E-state index is 15.4. The van der Waals surface area contributed by atoms with E-state index in [0.717, 1.165) is 9.91 Å². The second-order valence-electron chi connectivity index (χ2n) is 14.3. The van der Waals surface area contributed by atoms with Gasteiger partial charge in [0, 0.05) is 23.1 Å². The van der Waals surface area contributed by atoms with Crippen LogP contribution in [0.2, 0.25) is 10.0 Å². The van der Waals surface area contributed by atoms with Crippen molar-refractivity contribution in [2.45, 2.75) is 18.3 Å². The lowest BCUT2D eigenvalue weighted by Crippen LogP contribution is -2.54. The number of non-ortho nitro benzene ring substituents is 1. The fourth-order valence-electron chi connectivity index (χ4n) is 9.07. The molecule has 13 nitrogen and oxygen atoms in total. The number of ether oxygens (including phenoxy) is 2. The molecule has 57 heavy (non-hydrogen) atoms. The quantitative estimate of drug-likeness (QED) is 0.0755. The van der Waals surface area contributed by atoms with Crippen LogP contribution in [0.3, 0.4) is 0 Å². The third-order valence-electron chi connectivity index (χ3n) is 11.6. The Balaban J connectivity index is 1.29. The van der Waals surface area contributed by atoms with E-state index >= 15 is 4.79 Å². The smallest absolute Gasteiger partial charge is 0.269 e. The van der Waals surface area contributed by atoms with Crippen LogP contribution in [-0.2, 0) is 24.6 Å². The molecule has 0 spiro atoms. The number of carbonyl (C=O) groups excluding carboxylic acids is 4. The van der Waals surface area contributed by atoms with Gasteiger partial charge in [0.25, 0.3) is 17.5 Å². The van der Waals surface area contributed by atoms with Crippen LogP contribution in [-0.4, -0.2) is 52.9 Å². The van der Waals surface area contributed by atoms with E-state index in [1.54, 1.807) is 54.6 Å². The van der Waals surface area contributed by atoms with Crippen molar-refractivity contribution in [3.05, 3.63) is 134 Å². The number of fused-ring (bicyclic) bond motifs is 4. The number of aromatic hydroxyl groups is 1. The first-order chi connectivity index (χ1) is 27.4. The number of rotatable bonds is 9. The number of nitro groups is 1. The number of nitrogens with one attached hydrogen (secondary N) is 1. The van der Waals surface area contributed by atoms with E-state index in [4.69, 9.17) is 32.7 Å². The zero-order valence-electron chi connectivity index (χ0n) is 30.4. The summed E-state index contributed by atoms with van der Waals surface area (Å²) in [6, 6.07) is 21.6. The van der Waals surface area contributed by atoms with Gasteiger partial charge in [0.15, 0.2) is 11.5 Å². The van der Waals surface area contributed by atoms with Gasteiger partial charge in [-0.3, -0.25) is 39.6 Å². The molecule has 15 heteroatoms. The number of hydrogen-bond donors (Lipinski definition) is 2. The van der Waals surface area contributed by atoms with Gasteiger partial charge in [-0.25, -0.2) is 0 Å². The number of hydrogen-bond acceptors (Lipinski definition) is 10. The van der Waals surface area contributed by atoms with Crippen LogP contribution in [0, 0.1) is 39.7 Å². The van der Waals surface area contributed by atoms with Crippen molar-refractivity contribution in [1.29, 1.82) is 0 Å². The predicted octanol–water partition coefficient (Wildman–Crippen LogP) is 7.36. The molecule has 1 saturated carbocycles. The zero-order chi connectivity index (χ0) is 40.3. The number of halogens is 2. The van der Waals surface area contributed by atoms with Gasteiger partial charge in [0.1, 0.15) is 5.75 Å². The second-order valence-corrected chi connectivity index (χ2v) is 15.2. The minimum Gasteiger partial charge on any atom is -0.504 e. The molecule has 6 unspecified atom stereocenters. The number of phenolic OH excluding ortho intramolecular Hbond substituents is 1. The predicted molar refractivity (Wildman–Crippen MR) is 211 cm³/mol. The Hall–Kier alpha value is -6.18. The largest absolute Gasteiger partial charge is 0.504 e. The van der Waals surface area contributed by atoms with E-state index < -0.39 is 63.6 Å². The molecule has 2 saturated heterocycles. The van der Waals surface area contributed by atoms with E-state index in [1.807, 2.05) is 12.2 Å². The summed E-state index contributed by atoms with van der Waals surface area (Å²) in [4.78, 5) is 70.7. The summed E-state index contributed by atoms with van der Waals surface area (Å²) in [6.45, 7) is 0. The van der Waals surface area contributed by atoms with Crippen LogP contribution < -0.4 is 19.8 Å². The number of allylic oxidation sites excluding steroid dienone is 3. The van der Waals surface area contributed by atoms with Gasteiger partial charge in [-0.05, 0) is 84.5 Å². The summed E-state index contributed by atoms with van der Waals surface area (Å²) < 4.78 is 10.8. The lowest BCUT2D eigenvalue weighted by Gasteiger charge is -2.49. The summed E-state index contributed by atoms with van der Waals surface area (Å²) in [5.41, 5.74) is 3.54. The first-order valence-corrected chi connectivity index (χ1v) is 18.8. The molecule has 4 aromatic rings. The van der Waals surface area contributed by atoms with Crippen molar-refractivity contribution in [3.63, 3.8) is 0 Å². The second kappa shape index (κ2) is 14.4. The molecule has 4 amide bonds. The Kier molecular flexibility index (Phi) is 9.53. The van der Waals surface area contributed by atoms with E-state index in [2.05, 4.69) is 5.43 Å².